The molecule has 32 heavy (non-hydrogen) atoms. The average Bonchev–Trinajstić information content (AvgIpc) is 3.20. The van der Waals surface area contributed by atoms with E-state index in [4.69, 9.17) is 10.0 Å². The second-order valence-corrected chi connectivity index (χ2v) is 10.1. The number of aromatic nitrogens is 1. The number of carbonyl (C=O) groups is 1. The Morgan fingerprint density at radius 2 is 1.81 bits per heavy atom. The van der Waals surface area contributed by atoms with Crippen LogP contribution in [-0.2, 0) is 25.6 Å². The fourth-order valence-electron chi connectivity index (χ4n) is 3.29. The van der Waals surface area contributed by atoms with Crippen LogP contribution < -0.4 is 5.48 Å². The second-order valence-electron chi connectivity index (χ2n) is 7.62. The predicted octanol–water partition coefficient (Wildman–Crippen LogP) is 2.96. The molecule has 2 heterocycles. The van der Waals surface area contributed by atoms with E-state index < -0.39 is 38.5 Å². The molecule has 0 radical (unpaired) electrons. The summed E-state index contributed by atoms with van der Waals surface area (Å²) in [7, 11) is -3.88. The van der Waals surface area contributed by atoms with E-state index in [1.807, 2.05) is 0 Å². The van der Waals surface area contributed by atoms with E-state index in [9.17, 15) is 26.4 Å². The summed E-state index contributed by atoms with van der Waals surface area (Å²) in [5.74, 6) is -1.07. The van der Waals surface area contributed by atoms with Crippen molar-refractivity contribution in [1.29, 1.82) is 0 Å². The Labute approximate surface area is 182 Å². The molecule has 0 bridgehead atoms. The number of pyridine rings is 1. The van der Waals surface area contributed by atoms with E-state index in [2.05, 4.69) is 10.1 Å². The van der Waals surface area contributed by atoms with Gasteiger partial charge in [-0.2, -0.15) is 13.2 Å². The van der Waals surface area contributed by atoms with Crippen molar-refractivity contribution in [2.75, 3.05) is 6.26 Å². The van der Waals surface area contributed by atoms with E-state index in [0.29, 0.717) is 22.4 Å². The molecule has 2 unspecified atom stereocenters. The molecule has 2 N–H and O–H groups in total. The number of carbonyl (C=O) groups excluding carboxylic acids is 1. The van der Waals surface area contributed by atoms with Crippen LogP contribution in [0.1, 0.15) is 31.0 Å². The molecule has 8 nitrogen and oxygen atoms in total. The van der Waals surface area contributed by atoms with Crippen LogP contribution in [0.4, 0.5) is 13.2 Å². The van der Waals surface area contributed by atoms with Gasteiger partial charge in [-0.3, -0.25) is 15.0 Å². The third-order valence-corrected chi connectivity index (χ3v) is 7.34. The van der Waals surface area contributed by atoms with Crippen molar-refractivity contribution in [3.05, 3.63) is 53.9 Å². The van der Waals surface area contributed by atoms with E-state index in [1.165, 1.54) is 18.5 Å². The summed E-state index contributed by atoms with van der Waals surface area (Å²) in [6.45, 7) is 1.19. The smallest absolute Gasteiger partial charge is 0.392 e. The first-order chi connectivity index (χ1) is 14.8. The Hall–Kier alpha value is -2.99. The number of hydrogen-bond donors (Lipinski definition) is 2. The highest BCUT2D eigenvalue weighted by molar-refractivity contribution is 7.92. The minimum atomic E-state index is -4.55. The topological polar surface area (TPSA) is 118 Å². The lowest BCUT2D eigenvalue weighted by atomic mass is 9.95. The molecule has 3 rings (SSSR count). The number of alkyl halides is 3. The van der Waals surface area contributed by atoms with Gasteiger partial charge in [0.15, 0.2) is 14.6 Å². The monoisotopic (exact) mass is 471 g/mol. The lowest BCUT2D eigenvalue weighted by Gasteiger charge is -2.26. The molecule has 172 valence electrons. The van der Waals surface area contributed by atoms with Gasteiger partial charge in [0.1, 0.15) is 11.8 Å². The minimum Gasteiger partial charge on any atom is -0.392 e. The van der Waals surface area contributed by atoms with Gasteiger partial charge < -0.3 is 4.84 Å². The Bertz CT molecular complexity index is 1150. The number of sulfone groups is 1. The molecule has 0 fully saturated rings. The molecule has 0 aliphatic carbocycles. The molecule has 1 amide bonds. The van der Waals surface area contributed by atoms with Crippen LogP contribution in [0.15, 0.2) is 47.8 Å². The van der Waals surface area contributed by atoms with Gasteiger partial charge in [0.05, 0.1) is 5.71 Å². The van der Waals surface area contributed by atoms with Crippen LogP contribution in [0.25, 0.3) is 11.1 Å². The van der Waals surface area contributed by atoms with Crippen molar-refractivity contribution in [3.8, 4) is 11.1 Å². The lowest BCUT2D eigenvalue weighted by molar-refractivity contribution is -0.141. The summed E-state index contributed by atoms with van der Waals surface area (Å²) >= 11 is 0. The maximum Gasteiger partial charge on any atom is 0.433 e. The molecule has 2 atom stereocenters. The predicted molar refractivity (Wildman–Crippen MR) is 108 cm³/mol. The third kappa shape index (κ3) is 4.75. The number of amides is 1. The zero-order valence-electron chi connectivity index (χ0n) is 17.0. The Morgan fingerprint density at radius 1 is 1.19 bits per heavy atom. The van der Waals surface area contributed by atoms with Crippen LogP contribution in [-0.4, -0.2) is 47.3 Å². The van der Waals surface area contributed by atoms with Crippen molar-refractivity contribution >= 4 is 21.5 Å². The normalized spacial score (nSPS) is 18.4. The van der Waals surface area contributed by atoms with Crippen LogP contribution in [0.2, 0.25) is 0 Å². The number of nitrogens with one attached hydrogen (secondary N) is 1. The second kappa shape index (κ2) is 8.51. The summed E-state index contributed by atoms with van der Waals surface area (Å²) in [5, 5.41) is 12.9. The van der Waals surface area contributed by atoms with Gasteiger partial charge in [-0.25, -0.2) is 13.9 Å². The van der Waals surface area contributed by atoms with E-state index >= 15 is 0 Å². The van der Waals surface area contributed by atoms with Gasteiger partial charge in [0, 0.05) is 25.3 Å². The average molecular weight is 471 g/mol. The van der Waals surface area contributed by atoms with E-state index in [1.54, 1.807) is 24.3 Å². The fourth-order valence-corrected chi connectivity index (χ4v) is 4.16. The van der Waals surface area contributed by atoms with Crippen molar-refractivity contribution in [2.45, 2.75) is 36.8 Å². The highest BCUT2D eigenvalue weighted by atomic mass is 32.2. The fraction of sp³-hybridized carbons (Fsp3) is 0.350. The van der Waals surface area contributed by atoms with Gasteiger partial charge in [0.25, 0.3) is 5.91 Å². The standard InChI is InChI=1S/C20H20F3N3O5S/c1-19(18(27)25-28,32(2,29)30)11-15-10-16(26-31-15)13-5-3-12(4-6-13)14-7-8-24-17(9-14)20(21,22)23/h3-9,15,28H,10-11H2,1-2H3,(H,25,27). The van der Waals surface area contributed by atoms with E-state index in [-0.39, 0.29) is 12.8 Å². The molecular weight excluding hydrogens is 451 g/mol. The Balaban J connectivity index is 1.74. The van der Waals surface area contributed by atoms with E-state index in [0.717, 1.165) is 18.5 Å². The van der Waals surface area contributed by atoms with Crippen molar-refractivity contribution in [3.63, 3.8) is 0 Å². The summed E-state index contributed by atoms with van der Waals surface area (Å²) in [6, 6.07) is 8.99. The SMILES string of the molecule is CC(CC1CC(c2ccc(-c3ccnc(C(F)(F)F)c3)cc2)=NO1)(C(=O)NO)S(C)(=O)=O. The molecule has 2 aromatic rings. The molecule has 12 heteroatoms. The molecule has 1 aliphatic heterocycles. The summed E-state index contributed by atoms with van der Waals surface area (Å²) in [4.78, 5) is 20.6. The maximum atomic E-state index is 12.9. The zero-order valence-corrected chi connectivity index (χ0v) is 17.9. The maximum absolute atomic E-state index is 12.9. The molecule has 0 saturated carbocycles. The van der Waals surface area contributed by atoms with Crippen LogP contribution in [0, 0.1) is 0 Å². The quantitative estimate of drug-likeness (QED) is 0.494. The molecule has 1 aromatic carbocycles. The van der Waals surface area contributed by atoms with Crippen molar-refractivity contribution in [1.82, 2.24) is 10.5 Å². The van der Waals surface area contributed by atoms with Gasteiger partial charge in [0.2, 0.25) is 0 Å². The molecule has 0 spiro atoms. The highest BCUT2D eigenvalue weighted by Gasteiger charge is 2.47. The van der Waals surface area contributed by atoms with Gasteiger partial charge >= 0.3 is 6.18 Å². The van der Waals surface area contributed by atoms with Crippen molar-refractivity contribution in [2.24, 2.45) is 5.16 Å². The van der Waals surface area contributed by atoms with Crippen LogP contribution >= 0.6 is 0 Å². The van der Waals surface area contributed by atoms with Gasteiger partial charge in [-0.1, -0.05) is 29.4 Å². The highest BCUT2D eigenvalue weighted by Crippen LogP contribution is 2.32. The zero-order chi connectivity index (χ0) is 23.7. The van der Waals surface area contributed by atoms with Gasteiger partial charge in [-0.05, 0) is 35.7 Å². The minimum absolute atomic E-state index is 0.205. The lowest BCUT2D eigenvalue weighted by Crippen LogP contribution is -2.51. The largest absolute Gasteiger partial charge is 0.433 e. The van der Waals surface area contributed by atoms with Crippen molar-refractivity contribution < 1.29 is 36.4 Å². The summed E-state index contributed by atoms with van der Waals surface area (Å²) in [6.07, 6.45) is -3.32. The molecule has 0 saturated heterocycles. The Morgan fingerprint density at radius 3 is 2.38 bits per heavy atom. The number of hydrogen-bond acceptors (Lipinski definition) is 7. The summed E-state index contributed by atoms with van der Waals surface area (Å²) < 4.78 is 61.0. The first kappa shape index (κ1) is 23.7. The van der Waals surface area contributed by atoms with Crippen LogP contribution in [0.5, 0.6) is 0 Å². The number of oxime groups is 1. The van der Waals surface area contributed by atoms with Crippen LogP contribution in [0.3, 0.4) is 0 Å². The first-order valence-corrected chi connectivity index (χ1v) is 11.2. The number of benzene rings is 1. The number of hydroxylamine groups is 1. The molecule has 1 aromatic heterocycles. The molecular formula is C20H20F3N3O5S. The number of rotatable bonds is 6. The summed E-state index contributed by atoms with van der Waals surface area (Å²) in [5.41, 5.74) is 2.41. The number of nitrogens with zero attached hydrogens (tertiary/aromatic N) is 2. The van der Waals surface area contributed by atoms with Gasteiger partial charge in [-0.15, -0.1) is 0 Å². The molecule has 1 aliphatic rings. The number of halogens is 3. The first-order valence-electron chi connectivity index (χ1n) is 9.36. The Kier molecular flexibility index (Phi) is 6.29. The third-order valence-electron chi connectivity index (χ3n) is 5.35.